The zero-order valence-corrected chi connectivity index (χ0v) is 13.6. The molecular formula is C14H30O7. The van der Waals surface area contributed by atoms with Crippen molar-refractivity contribution >= 4 is 5.97 Å². The Kier molecular flexibility index (Phi) is 15.3. The van der Waals surface area contributed by atoms with Crippen LogP contribution in [0.3, 0.4) is 0 Å². The highest BCUT2D eigenvalue weighted by Gasteiger charge is 2.07. The molecule has 3 N–H and O–H groups in total. The molecule has 7 nitrogen and oxygen atoms in total. The molecule has 0 rings (SSSR count). The monoisotopic (exact) mass is 310 g/mol. The van der Waals surface area contributed by atoms with Crippen LogP contribution in [-0.2, 0) is 19.0 Å². The first-order valence-corrected chi connectivity index (χ1v) is 7.11. The summed E-state index contributed by atoms with van der Waals surface area (Å²) in [5, 5.41) is 26.1. The lowest BCUT2D eigenvalue weighted by molar-refractivity contribution is -0.151. The van der Waals surface area contributed by atoms with Gasteiger partial charge in [-0.3, -0.25) is 0 Å². The summed E-state index contributed by atoms with van der Waals surface area (Å²) in [5.41, 5.74) is 0. The molecule has 0 aromatic rings. The normalized spacial score (nSPS) is 16.2. The predicted molar refractivity (Wildman–Crippen MR) is 77.9 cm³/mol. The second-order valence-electron chi connectivity index (χ2n) is 4.75. The van der Waals surface area contributed by atoms with E-state index in [-0.39, 0.29) is 18.8 Å². The van der Waals surface area contributed by atoms with Gasteiger partial charge in [-0.25, -0.2) is 4.79 Å². The molecule has 128 valence electrons. The molecule has 0 saturated carbocycles. The minimum absolute atomic E-state index is 0.0170. The second-order valence-corrected chi connectivity index (χ2v) is 4.75. The van der Waals surface area contributed by atoms with Gasteiger partial charge in [-0.15, -0.1) is 0 Å². The van der Waals surface area contributed by atoms with Crippen LogP contribution in [0.25, 0.3) is 0 Å². The fourth-order valence-corrected chi connectivity index (χ4v) is 0.967. The number of aliphatic hydroxyl groups is 3. The Hall–Kier alpha value is -0.730. The molecule has 4 atom stereocenters. The number of aliphatic hydroxyl groups excluding tert-OH is 3. The molecule has 0 heterocycles. The second kappa shape index (κ2) is 14.2. The molecule has 21 heavy (non-hydrogen) atoms. The Bertz CT molecular complexity index is 243. The van der Waals surface area contributed by atoms with E-state index < -0.39 is 18.2 Å². The van der Waals surface area contributed by atoms with E-state index in [2.05, 4.69) is 4.74 Å². The lowest BCUT2D eigenvalue weighted by Gasteiger charge is -2.16. The van der Waals surface area contributed by atoms with E-state index in [0.29, 0.717) is 19.8 Å². The molecule has 0 bridgehead atoms. The van der Waals surface area contributed by atoms with Gasteiger partial charge in [-0.1, -0.05) is 0 Å². The Morgan fingerprint density at radius 1 is 1.00 bits per heavy atom. The molecule has 4 unspecified atom stereocenters. The first kappa shape index (κ1) is 22.5. The highest BCUT2D eigenvalue weighted by Crippen LogP contribution is 1.97. The van der Waals surface area contributed by atoms with Crippen molar-refractivity contribution in [2.24, 2.45) is 0 Å². The molecule has 0 saturated heterocycles. The maximum absolute atomic E-state index is 10.3. The van der Waals surface area contributed by atoms with Gasteiger partial charge in [0.25, 0.3) is 0 Å². The smallest absolute Gasteiger partial charge is 0.334 e. The fraction of sp³-hybridized carbons (Fsp3) is 0.929. The van der Waals surface area contributed by atoms with Crippen LogP contribution < -0.4 is 0 Å². The lowest BCUT2D eigenvalue weighted by atomic mass is 10.4. The van der Waals surface area contributed by atoms with Crippen LogP contribution in [0.2, 0.25) is 0 Å². The van der Waals surface area contributed by atoms with Gasteiger partial charge >= 0.3 is 5.97 Å². The predicted octanol–water partition coefficient (Wildman–Crippen LogP) is 0.100. The Morgan fingerprint density at radius 2 is 1.52 bits per heavy atom. The summed E-state index contributed by atoms with van der Waals surface area (Å²) in [7, 11) is 0. The van der Waals surface area contributed by atoms with E-state index in [1.807, 2.05) is 6.92 Å². The number of hydrogen-bond donors (Lipinski definition) is 3. The van der Waals surface area contributed by atoms with Crippen LogP contribution >= 0.6 is 0 Å². The van der Waals surface area contributed by atoms with Crippen molar-refractivity contribution in [2.45, 2.75) is 59.0 Å². The van der Waals surface area contributed by atoms with Crippen LogP contribution in [0.4, 0.5) is 0 Å². The number of esters is 1. The molecule has 0 spiro atoms. The lowest BCUT2D eigenvalue weighted by Crippen LogP contribution is -2.24. The summed E-state index contributed by atoms with van der Waals surface area (Å²) in [6.07, 6.45) is -1.64. The van der Waals surface area contributed by atoms with Gasteiger partial charge in [0.1, 0.15) is 6.10 Å². The number of carbonyl (C=O) groups is 1. The number of carbonyl (C=O) groups excluding carboxylic acids is 1. The van der Waals surface area contributed by atoms with Crippen molar-refractivity contribution < 1.29 is 34.3 Å². The molecule has 0 aromatic heterocycles. The first-order chi connectivity index (χ1) is 9.74. The molecule has 0 aromatic carbocycles. The third-order valence-corrected chi connectivity index (χ3v) is 2.12. The van der Waals surface area contributed by atoms with Gasteiger partial charge in [0.05, 0.1) is 44.7 Å². The van der Waals surface area contributed by atoms with Gasteiger partial charge in [0, 0.05) is 0 Å². The zero-order chi connectivity index (χ0) is 16.8. The van der Waals surface area contributed by atoms with E-state index >= 15 is 0 Å². The largest absolute Gasteiger partial charge is 0.464 e. The van der Waals surface area contributed by atoms with E-state index in [1.54, 1.807) is 20.8 Å². The standard InChI is InChI=1S/C9H20O4.C5H10O3/c1-7(11)5-12-9(3)6-13-8(2)4-10;1-3-8-5(7)4(2)6/h7-11H,4-6H2,1-3H3;4,6H,3H2,1-2H3. The van der Waals surface area contributed by atoms with Crippen LogP contribution in [0, 0.1) is 0 Å². The molecule has 0 radical (unpaired) electrons. The third kappa shape index (κ3) is 17.2. The highest BCUT2D eigenvalue weighted by molar-refractivity contribution is 5.73. The summed E-state index contributed by atoms with van der Waals surface area (Å²) in [6, 6.07) is 0. The maximum atomic E-state index is 10.3. The third-order valence-electron chi connectivity index (χ3n) is 2.12. The van der Waals surface area contributed by atoms with Crippen molar-refractivity contribution in [3.63, 3.8) is 0 Å². The van der Waals surface area contributed by atoms with Crippen molar-refractivity contribution in [2.75, 3.05) is 26.4 Å². The van der Waals surface area contributed by atoms with Crippen molar-refractivity contribution in [1.82, 2.24) is 0 Å². The van der Waals surface area contributed by atoms with Crippen molar-refractivity contribution in [3.8, 4) is 0 Å². The average Bonchev–Trinajstić information content (AvgIpc) is 2.43. The van der Waals surface area contributed by atoms with Crippen LogP contribution in [-0.4, -0.2) is 72.1 Å². The molecule has 0 fully saturated rings. The summed E-state index contributed by atoms with van der Waals surface area (Å²) in [4.78, 5) is 10.3. The Morgan fingerprint density at radius 3 is 1.86 bits per heavy atom. The van der Waals surface area contributed by atoms with Crippen molar-refractivity contribution in [3.05, 3.63) is 0 Å². The molecule has 0 amide bonds. The van der Waals surface area contributed by atoms with Gasteiger partial charge in [0.2, 0.25) is 0 Å². The van der Waals surface area contributed by atoms with Gasteiger partial charge in [0.15, 0.2) is 0 Å². The van der Waals surface area contributed by atoms with E-state index in [1.165, 1.54) is 6.92 Å². The minimum Gasteiger partial charge on any atom is -0.464 e. The van der Waals surface area contributed by atoms with Gasteiger partial charge in [-0.05, 0) is 34.6 Å². The SMILES string of the molecule is CC(O)COC(C)COC(C)CO.CCOC(=O)C(C)O. The van der Waals surface area contributed by atoms with Crippen LogP contribution in [0.1, 0.15) is 34.6 Å². The molecular weight excluding hydrogens is 280 g/mol. The first-order valence-electron chi connectivity index (χ1n) is 7.11. The van der Waals surface area contributed by atoms with Crippen LogP contribution in [0.5, 0.6) is 0 Å². The summed E-state index contributed by atoms with van der Waals surface area (Å²) in [6.45, 7) is 9.50. The topological polar surface area (TPSA) is 105 Å². The molecule has 0 aliphatic rings. The Balaban J connectivity index is 0. The highest BCUT2D eigenvalue weighted by atomic mass is 16.5. The van der Waals surface area contributed by atoms with E-state index in [0.717, 1.165) is 0 Å². The van der Waals surface area contributed by atoms with Crippen LogP contribution in [0.15, 0.2) is 0 Å². The number of hydrogen-bond acceptors (Lipinski definition) is 7. The molecule has 0 aliphatic carbocycles. The maximum Gasteiger partial charge on any atom is 0.334 e. The van der Waals surface area contributed by atoms with Gasteiger partial charge < -0.3 is 29.5 Å². The van der Waals surface area contributed by atoms with Gasteiger partial charge in [-0.2, -0.15) is 0 Å². The minimum atomic E-state index is -0.991. The van der Waals surface area contributed by atoms with E-state index in [9.17, 15) is 4.79 Å². The molecule has 0 aliphatic heterocycles. The Labute approximate surface area is 126 Å². The fourth-order valence-electron chi connectivity index (χ4n) is 0.967. The number of ether oxygens (including phenoxy) is 3. The zero-order valence-electron chi connectivity index (χ0n) is 13.6. The van der Waals surface area contributed by atoms with E-state index in [4.69, 9.17) is 24.8 Å². The van der Waals surface area contributed by atoms with Crippen molar-refractivity contribution in [1.29, 1.82) is 0 Å². The summed E-state index contributed by atoms with van der Waals surface area (Å²) < 4.78 is 14.9. The quantitative estimate of drug-likeness (QED) is 0.519. The summed E-state index contributed by atoms with van der Waals surface area (Å²) >= 11 is 0. The summed E-state index contributed by atoms with van der Waals surface area (Å²) in [5.74, 6) is -0.562. The number of rotatable bonds is 9. The molecule has 7 heteroatoms. The average molecular weight is 310 g/mol.